The number of nitrogen functional groups attached to an aromatic ring is 1. The Labute approximate surface area is 131 Å². The number of halogens is 1. The molecule has 1 heterocycles. The van der Waals surface area contributed by atoms with Gasteiger partial charge in [0.25, 0.3) is 5.88 Å². The van der Waals surface area contributed by atoms with Crippen LogP contribution in [0.25, 0.3) is 11.3 Å². The van der Waals surface area contributed by atoms with Gasteiger partial charge in [-0.3, -0.25) is 0 Å². The second-order valence-corrected chi connectivity index (χ2v) is 5.44. The van der Waals surface area contributed by atoms with Crippen LogP contribution in [-0.2, 0) is 0 Å². The lowest BCUT2D eigenvalue weighted by Gasteiger charge is -2.11. The van der Waals surface area contributed by atoms with Crippen molar-refractivity contribution in [1.82, 2.24) is 14.1 Å². The molecule has 6 nitrogen and oxygen atoms in total. The average molecular weight is 327 g/mol. The van der Waals surface area contributed by atoms with Crippen molar-refractivity contribution >= 4 is 35.1 Å². The van der Waals surface area contributed by atoms with Crippen molar-refractivity contribution in [3.63, 3.8) is 0 Å². The molecule has 1 aromatic heterocycles. The number of benzene rings is 1. The summed E-state index contributed by atoms with van der Waals surface area (Å²) in [6.07, 6.45) is 0.233. The SMILES string of the molecule is CCC(C)NC(=O)Oc1nsnc1-c1cc(N)ccc1Cl. The predicted octanol–water partition coefficient (Wildman–Crippen LogP) is 3.33. The lowest BCUT2D eigenvalue weighted by molar-refractivity contribution is 0.195. The molecule has 1 atom stereocenters. The molecule has 3 N–H and O–H groups in total. The second kappa shape index (κ2) is 6.73. The first-order valence-electron chi connectivity index (χ1n) is 6.37. The molecule has 21 heavy (non-hydrogen) atoms. The zero-order chi connectivity index (χ0) is 15.4. The number of aromatic nitrogens is 2. The van der Waals surface area contributed by atoms with Gasteiger partial charge >= 0.3 is 6.09 Å². The second-order valence-electron chi connectivity index (χ2n) is 4.50. The van der Waals surface area contributed by atoms with Crippen LogP contribution >= 0.6 is 23.3 Å². The first-order chi connectivity index (χ1) is 10.0. The van der Waals surface area contributed by atoms with Crippen LogP contribution in [0.3, 0.4) is 0 Å². The van der Waals surface area contributed by atoms with Crippen LogP contribution in [0, 0.1) is 0 Å². The highest BCUT2D eigenvalue weighted by Gasteiger charge is 2.18. The fourth-order valence-electron chi connectivity index (χ4n) is 1.56. The van der Waals surface area contributed by atoms with E-state index in [0.717, 1.165) is 18.1 Å². The average Bonchev–Trinajstić information content (AvgIpc) is 2.89. The molecule has 0 bridgehead atoms. The Hall–Kier alpha value is -1.86. The number of amides is 1. The summed E-state index contributed by atoms with van der Waals surface area (Å²) in [6, 6.07) is 5.03. The van der Waals surface area contributed by atoms with Gasteiger partial charge in [0.15, 0.2) is 0 Å². The summed E-state index contributed by atoms with van der Waals surface area (Å²) < 4.78 is 13.3. The fraction of sp³-hybridized carbons (Fsp3) is 0.308. The summed E-state index contributed by atoms with van der Waals surface area (Å²) in [5, 5.41) is 3.15. The number of rotatable bonds is 4. The summed E-state index contributed by atoms with van der Waals surface area (Å²) in [6.45, 7) is 3.85. The molecule has 0 spiro atoms. The molecule has 0 radical (unpaired) electrons. The minimum absolute atomic E-state index is 0.0171. The number of nitrogens with one attached hydrogen (secondary N) is 1. The molecule has 0 aliphatic heterocycles. The molecule has 2 rings (SSSR count). The fourth-order valence-corrected chi connectivity index (χ4v) is 2.26. The summed E-state index contributed by atoms with van der Waals surface area (Å²) in [5.74, 6) is 0.119. The standard InChI is InChI=1S/C13H15ClN4O2S/c1-3-7(2)16-13(19)20-12-11(17-21-18-12)9-6-8(15)4-5-10(9)14/h4-7H,3,15H2,1-2H3,(H,16,19). The Morgan fingerprint density at radius 2 is 2.29 bits per heavy atom. The molecule has 0 aliphatic carbocycles. The highest BCUT2D eigenvalue weighted by Crippen LogP contribution is 2.34. The van der Waals surface area contributed by atoms with E-state index >= 15 is 0 Å². The smallest absolute Gasteiger partial charge is 0.399 e. The number of nitrogens with zero attached hydrogens (tertiary/aromatic N) is 2. The number of anilines is 1. The summed E-state index contributed by atoms with van der Waals surface area (Å²) >= 11 is 7.07. The lowest BCUT2D eigenvalue weighted by atomic mass is 10.1. The van der Waals surface area contributed by atoms with Gasteiger partial charge in [-0.2, -0.15) is 4.37 Å². The topological polar surface area (TPSA) is 90.1 Å². The molecule has 2 aromatic rings. The summed E-state index contributed by atoms with van der Waals surface area (Å²) in [4.78, 5) is 11.8. The molecular weight excluding hydrogens is 312 g/mol. The molecule has 0 saturated carbocycles. The van der Waals surface area contributed by atoms with Gasteiger partial charge in [-0.1, -0.05) is 18.5 Å². The van der Waals surface area contributed by atoms with Crippen LogP contribution in [0.2, 0.25) is 5.02 Å². The van der Waals surface area contributed by atoms with E-state index in [4.69, 9.17) is 22.1 Å². The van der Waals surface area contributed by atoms with Gasteiger partial charge in [0.05, 0.1) is 16.8 Å². The van der Waals surface area contributed by atoms with Gasteiger partial charge in [-0.05, 0) is 31.5 Å². The molecule has 1 unspecified atom stereocenters. The summed E-state index contributed by atoms with van der Waals surface area (Å²) in [7, 11) is 0. The number of nitrogens with two attached hydrogens (primary N) is 1. The Balaban J connectivity index is 2.23. The van der Waals surface area contributed by atoms with Crippen LogP contribution in [-0.4, -0.2) is 20.9 Å². The minimum Gasteiger partial charge on any atom is -0.399 e. The van der Waals surface area contributed by atoms with E-state index in [0.29, 0.717) is 22.0 Å². The molecule has 0 aliphatic rings. The highest BCUT2D eigenvalue weighted by molar-refractivity contribution is 6.99. The Morgan fingerprint density at radius 3 is 3.00 bits per heavy atom. The van der Waals surface area contributed by atoms with E-state index in [1.54, 1.807) is 18.2 Å². The van der Waals surface area contributed by atoms with Gasteiger partial charge in [0.1, 0.15) is 5.69 Å². The van der Waals surface area contributed by atoms with Gasteiger partial charge in [0, 0.05) is 17.3 Å². The molecule has 8 heteroatoms. The number of carbonyl (C=O) groups is 1. The number of hydrogen-bond acceptors (Lipinski definition) is 6. The van der Waals surface area contributed by atoms with Crippen molar-refractivity contribution in [1.29, 1.82) is 0 Å². The third-order valence-electron chi connectivity index (χ3n) is 2.87. The van der Waals surface area contributed by atoms with Gasteiger partial charge in [-0.15, -0.1) is 4.37 Å². The van der Waals surface area contributed by atoms with Crippen molar-refractivity contribution in [3.8, 4) is 17.1 Å². The van der Waals surface area contributed by atoms with Gasteiger partial charge in [-0.25, -0.2) is 4.79 Å². The van der Waals surface area contributed by atoms with Crippen molar-refractivity contribution in [2.45, 2.75) is 26.3 Å². The molecule has 1 aromatic carbocycles. The first-order valence-corrected chi connectivity index (χ1v) is 7.48. The number of hydrogen-bond donors (Lipinski definition) is 2. The van der Waals surface area contributed by atoms with Gasteiger partial charge in [0.2, 0.25) is 0 Å². The Kier molecular flexibility index (Phi) is 4.98. The predicted molar refractivity (Wildman–Crippen MR) is 83.7 cm³/mol. The zero-order valence-corrected chi connectivity index (χ0v) is 13.2. The lowest BCUT2D eigenvalue weighted by Crippen LogP contribution is -2.34. The van der Waals surface area contributed by atoms with E-state index in [1.165, 1.54) is 0 Å². The third-order valence-corrected chi connectivity index (χ3v) is 3.71. The van der Waals surface area contributed by atoms with Crippen LogP contribution in [0.15, 0.2) is 18.2 Å². The molecule has 0 fully saturated rings. The number of ether oxygens (including phenoxy) is 1. The Morgan fingerprint density at radius 1 is 1.52 bits per heavy atom. The zero-order valence-electron chi connectivity index (χ0n) is 11.6. The van der Waals surface area contributed by atoms with E-state index in [-0.39, 0.29) is 11.9 Å². The van der Waals surface area contributed by atoms with E-state index in [1.807, 2.05) is 13.8 Å². The maximum absolute atomic E-state index is 11.8. The monoisotopic (exact) mass is 326 g/mol. The molecule has 0 saturated heterocycles. The van der Waals surface area contributed by atoms with E-state index in [9.17, 15) is 4.79 Å². The van der Waals surface area contributed by atoms with Crippen LogP contribution < -0.4 is 15.8 Å². The van der Waals surface area contributed by atoms with Crippen LogP contribution in [0.4, 0.5) is 10.5 Å². The van der Waals surface area contributed by atoms with E-state index in [2.05, 4.69) is 14.1 Å². The largest absolute Gasteiger partial charge is 0.414 e. The quantitative estimate of drug-likeness (QED) is 0.841. The Bertz CT molecular complexity index is 647. The normalized spacial score (nSPS) is 12.0. The maximum atomic E-state index is 11.8. The van der Waals surface area contributed by atoms with Crippen molar-refractivity contribution in [3.05, 3.63) is 23.2 Å². The van der Waals surface area contributed by atoms with Crippen molar-refractivity contribution in [2.75, 3.05) is 5.73 Å². The molecular formula is C13H15ClN4O2S. The first kappa shape index (κ1) is 15.5. The van der Waals surface area contributed by atoms with Crippen molar-refractivity contribution in [2.24, 2.45) is 0 Å². The minimum atomic E-state index is -0.571. The molecule has 112 valence electrons. The number of carbonyl (C=O) groups excluding carboxylic acids is 1. The van der Waals surface area contributed by atoms with E-state index < -0.39 is 6.09 Å². The molecule has 1 amide bonds. The van der Waals surface area contributed by atoms with Crippen LogP contribution in [0.5, 0.6) is 5.88 Å². The highest BCUT2D eigenvalue weighted by atomic mass is 35.5. The van der Waals surface area contributed by atoms with Gasteiger partial charge < -0.3 is 15.8 Å². The van der Waals surface area contributed by atoms with Crippen LogP contribution in [0.1, 0.15) is 20.3 Å². The van der Waals surface area contributed by atoms with Crippen molar-refractivity contribution < 1.29 is 9.53 Å². The third kappa shape index (κ3) is 3.83. The summed E-state index contributed by atoms with van der Waals surface area (Å²) in [5.41, 5.74) is 7.26. The maximum Gasteiger partial charge on any atom is 0.414 e.